The van der Waals surface area contributed by atoms with E-state index in [2.05, 4.69) is 17.2 Å². The minimum Gasteiger partial charge on any atom is -0.306 e. The van der Waals surface area contributed by atoms with Gasteiger partial charge in [-0.2, -0.15) is 0 Å². The van der Waals surface area contributed by atoms with Crippen molar-refractivity contribution in [3.63, 3.8) is 0 Å². The lowest BCUT2D eigenvalue weighted by Gasteiger charge is -2.20. The van der Waals surface area contributed by atoms with Gasteiger partial charge in [0.2, 0.25) is 0 Å². The van der Waals surface area contributed by atoms with Gasteiger partial charge in [0.1, 0.15) is 0 Å². The van der Waals surface area contributed by atoms with Crippen molar-refractivity contribution < 1.29 is 0 Å². The molecule has 1 atom stereocenters. The fourth-order valence-electron chi connectivity index (χ4n) is 1.89. The second kappa shape index (κ2) is 6.19. The van der Waals surface area contributed by atoms with Gasteiger partial charge in [0, 0.05) is 22.4 Å². The summed E-state index contributed by atoms with van der Waals surface area (Å²) in [5, 5.41) is 4.78. The van der Waals surface area contributed by atoms with Crippen molar-refractivity contribution >= 4 is 23.2 Å². The first kappa shape index (κ1) is 13.3. The van der Waals surface area contributed by atoms with Gasteiger partial charge in [-0.1, -0.05) is 36.2 Å². The number of halogens is 2. The molecule has 0 amide bonds. The van der Waals surface area contributed by atoms with Gasteiger partial charge in [0.15, 0.2) is 0 Å². The average molecular weight is 281 g/mol. The van der Waals surface area contributed by atoms with E-state index in [4.69, 9.17) is 23.2 Å². The van der Waals surface area contributed by atoms with Crippen LogP contribution in [0.15, 0.2) is 42.7 Å². The Morgan fingerprint density at radius 3 is 2.78 bits per heavy atom. The Hall–Kier alpha value is -1.09. The average Bonchev–Trinajstić information content (AvgIpc) is 2.40. The van der Waals surface area contributed by atoms with Crippen LogP contribution in [0, 0.1) is 0 Å². The molecule has 0 aliphatic heterocycles. The Labute approximate surface area is 117 Å². The smallest absolute Gasteiger partial charge is 0.0607 e. The molecule has 0 saturated carbocycles. The Balaban J connectivity index is 2.44. The molecule has 0 aliphatic carbocycles. The van der Waals surface area contributed by atoms with Crippen LogP contribution in [0.5, 0.6) is 0 Å². The highest BCUT2D eigenvalue weighted by Gasteiger charge is 2.16. The first-order chi connectivity index (χ1) is 8.72. The second-order valence-electron chi connectivity index (χ2n) is 3.94. The Bertz CT molecular complexity index is 514. The van der Waals surface area contributed by atoms with Gasteiger partial charge < -0.3 is 5.32 Å². The van der Waals surface area contributed by atoms with Gasteiger partial charge in [-0.3, -0.25) is 4.98 Å². The number of hydrogen-bond donors (Lipinski definition) is 1. The Morgan fingerprint density at radius 1 is 1.28 bits per heavy atom. The van der Waals surface area contributed by atoms with Crippen molar-refractivity contribution in [2.24, 2.45) is 0 Å². The molecule has 0 saturated heterocycles. The summed E-state index contributed by atoms with van der Waals surface area (Å²) in [5.41, 5.74) is 2.04. The zero-order chi connectivity index (χ0) is 13.0. The van der Waals surface area contributed by atoms with Gasteiger partial charge in [0.05, 0.1) is 6.04 Å². The molecule has 2 nitrogen and oxygen atoms in total. The molecule has 4 heteroatoms. The van der Waals surface area contributed by atoms with Crippen LogP contribution < -0.4 is 5.32 Å². The fourth-order valence-corrected chi connectivity index (χ4v) is 2.30. The quantitative estimate of drug-likeness (QED) is 0.913. The maximum Gasteiger partial charge on any atom is 0.0607 e. The maximum atomic E-state index is 6.26. The predicted molar refractivity (Wildman–Crippen MR) is 76.2 cm³/mol. The van der Waals surface area contributed by atoms with Crippen LogP contribution in [-0.4, -0.2) is 11.5 Å². The van der Waals surface area contributed by atoms with Crippen LogP contribution in [0.3, 0.4) is 0 Å². The number of nitrogens with zero attached hydrogens (tertiary/aromatic N) is 1. The molecule has 2 aromatic rings. The SMILES string of the molecule is CCNC(c1cccnc1)c1cc(Cl)ccc1Cl. The van der Waals surface area contributed by atoms with E-state index in [1.54, 1.807) is 12.3 Å². The molecule has 0 spiro atoms. The highest BCUT2D eigenvalue weighted by molar-refractivity contribution is 6.33. The third-order valence-electron chi connectivity index (χ3n) is 2.70. The number of pyridine rings is 1. The molecule has 1 unspecified atom stereocenters. The number of benzene rings is 1. The summed E-state index contributed by atoms with van der Waals surface area (Å²) in [6, 6.07) is 9.45. The molecule has 0 radical (unpaired) electrons. The summed E-state index contributed by atoms with van der Waals surface area (Å²) in [6.45, 7) is 2.89. The third kappa shape index (κ3) is 3.02. The highest BCUT2D eigenvalue weighted by Crippen LogP contribution is 2.30. The molecule has 0 fully saturated rings. The number of aromatic nitrogens is 1. The molecule has 0 aliphatic rings. The number of hydrogen-bond acceptors (Lipinski definition) is 2. The van der Waals surface area contributed by atoms with Crippen molar-refractivity contribution in [2.45, 2.75) is 13.0 Å². The normalized spacial score (nSPS) is 12.4. The zero-order valence-electron chi connectivity index (χ0n) is 10.0. The molecule has 1 N–H and O–H groups in total. The summed E-state index contributed by atoms with van der Waals surface area (Å²) < 4.78 is 0. The molecule has 2 rings (SSSR count). The van der Waals surface area contributed by atoms with Crippen LogP contribution in [0.2, 0.25) is 10.0 Å². The summed E-state index contributed by atoms with van der Waals surface area (Å²) in [4.78, 5) is 4.15. The minimum absolute atomic E-state index is 0.00917. The van der Waals surface area contributed by atoms with Crippen molar-refractivity contribution in [1.82, 2.24) is 10.3 Å². The molecule has 0 bridgehead atoms. The van der Waals surface area contributed by atoms with Gasteiger partial charge in [-0.15, -0.1) is 0 Å². The van der Waals surface area contributed by atoms with E-state index in [-0.39, 0.29) is 6.04 Å². The molecule has 1 aromatic heterocycles. The summed E-state index contributed by atoms with van der Waals surface area (Å²) in [5.74, 6) is 0. The first-order valence-corrected chi connectivity index (χ1v) is 6.56. The van der Waals surface area contributed by atoms with E-state index in [0.29, 0.717) is 10.0 Å². The largest absolute Gasteiger partial charge is 0.306 e. The van der Waals surface area contributed by atoms with E-state index in [1.165, 1.54) is 0 Å². The van der Waals surface area contributed by atoms with Crippen molar-refractivity contribution in [3.05, 3.63) is 63.9 Å². The molecule has 1 aromatic carbocycles. The van der Waals surface area contributed by atoms with Gasteiger partial charge >= 0.3 is 0 Å². The van der Waals surface area contributed by atoms with Crippen LogP contribution in [0.25, 0.3) is 0 Å². The van der Waals surface area contributed by atoms with E-state index in [1.807, 2.05) is 30.5 Å². The van der Waals surface area contributed by atoms with Crippen LogP contribution in [-0.2, 0) is 0 Å². The summed E-state index contributed by atoms with van der Waals surface area (Å²) in [6.07, 6.45) is 3.59. The second-order valence-corrected chi connectivity index (χ2v) is 4.79. The highest BCUT2D eigenvalue weighted by atomic mass is 35.5. The van der Waals surface area contributed by atoms with Crippen LogP contribution >= 0.6 is 23.2 Å². The maximum absolute atomic E-state index is 6.26. The van der Waals surface area contributed by atoms with Crippen molar-refractivity contribution in [3.8, 4) is 0 Å². The first-order valence-electron chi connectivity index (χ1n) is 5.80. The lowest BCUT2D eigenvalue weighted by atomic mass is 10.00. The predicted octanol–water partition coefficient (Wildman–Crippen LogP) is 4.09. The van der Waals surface area contributed by atoms with Crippen molar-refractivity contribution in [2.75, 3.05) is 6.54 Å². The molecular formula is C14H14Cl2N2. The van der Waals surface area contributed by atoms with E-state index in [9.17, 15) is 0 Å². The molecular weight excluding hydrogens is 267 g/mol. The lowest BCUT2D eigenvalue weighted by molar-refractivity contribution is 0.629. The van der Waals surface area contributed by atoms with E-state index < -0.39 is 0 Å². The van der Waals surface area contributed by atoms with Gasteiger partial charge in [0.25, 0.3) is 0 Å². The van der Waals surface area contributed by atoms with Crippen LogP contribution in [0.4, 0.5) is 0 Å². The summed E-state index contributed by atoms with van der Waals surface area (Å²) >= 11 is 12.3. The van der Waals surface area contributed by atoms with Gasteiger partial charge in [-0.05, 0) is 41.9 Å². The number of rotatable bonds is 4. The summed E-state index contributed by atoms with van der Waals surface area (Å²) in [7, 11) is 0. The monoisotopic (exact) mass is 280 g/mol. The van der Waals surface area contributed by atoms with Crippen LogP contribution in [0.1, 0.15) is 24.1 Å². The Kier molecular flexibility index (Phi) is 4.59. The molecule has 18 heavy (non-hydrogen) atoms. The topological polar surface area (TPSA) is 24.9 Å². The molecule has 94 valence electrons. The van der Waals surface area contributed by atoms with Gasteiger partial charge in [-0.25, -0.2) is 0 Å². The lowest BCUT2D eigenvalue weighted by Crippen LogP contribution is -2.22. The molecule has 1 heterocycles. The fraction of sp³-hybridized carbons (Fsp3) is 0.214. The Morgan fingerprint density at radius 2 is 2.11 bits per heavy atom. The zero-order valence-corrected chi connectivity index (χ0v) is 11.5. The standard InChI is InChI=1S/C14H14Cl2N2/c1-2-18-14(10-4-3-7-17-9-10)12-8-11(15)5-6-13(12)16/h3-9,14,18H,2H2,1H3. The number of nitrogens with one attached hydrogen (secondary N) is 1. The minimum atomic E-state index is 0.00917. The van der Waals surface area contributed by atoms with E-state index in [0.717, 1.165) is 17.7 Å². The van der Waals surface area contributed by atoms with Crippen molar-refractivity contribution in [1.29, 1.82) is 0 Å². The van der Waals surface area contributed by atoms with E-state index >= 15 is 0 Å². The third-order valence-corrected chi connectivity index (χ3v) is 3.27.